The Hall–Kier alpha value is -0.600. The maximum Gasteiger partial charge on any atom is 0.0388 e. The second-order valence-corrected chi connectivity index (χ2v) is 4.83. The van der Waals surface area contributed by atoms with Gasteiger partial charge < -0.3 is 5.32 Å². The molecule has 1 aromatic heterocycles. The number of hydrogen-bond acceptors (Lipinski definition) is 2. The Morgan fingerprint density at radius 3 is 2.77 bits per heavy atom. The van der Waals surface area contributed by atoms with E-state index in [1.807, 2.05) is 18.3 Å². The summed E-state index contributed by atoms with van der Waals surface area (Å²) in [5.74, 6) is 0. The molecule has 0 aliphatic rings. The van der Waals surface area contributed by atoms with Crippen molar-refractivity contribution >= 4 is 11.3 Å². The van der Waals surface area contributed by atoms with Gasteiger partial charge in [0.05, 0.1) is 0 Å². The lowest BCUT2D eigenvalue weighted by atomic mass is 10.2. The van der Waals surface area contributed by atoms with Gasteiger partial charge in [0, 0.05) is 22.3 Å². The predicted octanol–water partition coefficient (Wildman–Crippen LogP) is 3.28. The van der Waals surface area contributed by atoms with Crippen LogP contribution >= 0.6 is 11.3 Å². The molecular weight excluding hydrogens is 178 g/mol. The molecule has 72 valence electrons. The molecule has 1 N–H and O–H groups in total. The van der Waals surface area contributed by atoms with E-state index in [9.17, 15) is 0 Å². The van der Waals surface area contributed by atoms with E-state index in [0.717, 1.165) is 6.54 Å². The summed E-state index contributed by atoms with van der Waals surface area (Å²) in [6.07, 6.45) is 0. The summed E-state index contributed by atoms with van der Waals surface area (Å²) in [7, 11) is 0. The van der Waals surface area contributed by atoms with Crippen molar-refractivity contribution in [2.24, 2.45) is 0 Å². The second kappa shape index (κ2) is 4.58. The highest BCUT2D eigenvalue weighted by atomic mass is 32.1. The number of thiophene rings is 1. The first-order valence-electron chi connectivity index (χ1n) is 4.53. The Balaban J connectivity index is 2.48. The van der Waals surface area contributed by atoms with Crippen LogP contribution in [-0.2, 0) is 0 Å². The molecule has 1 unspecified atom stereocenters. The number of rotatable bonds is 4. The summed E-state index contributed by atoms with van der Waals surface area (Å²) in [5.41, 5.74) is 1.18. The molecule has 0 spiro atoms. The van der Waals surface area contributed by atoms with Crippen LogP contribution in [0.4, 0.5) is 0 Å². The van der Waals surface area contributed by atoms with Crippen LogP contribution < -0.4 is 5.32 Å². The average molecular weight is 195 g/mol. The summed E-state index contributed by atoms with van der Waals surface area (Å²) >= 11 is 1.86. The van der Waals surface area contributed by atoms with E-state index in [1.54, 1.807) is 0 Å². The molecule has 1 atom stereocenters. The van der Waals surface area contributed by atoms with Gasteiger partial charge in [-0.05, 0) is 32.9 Å². The minimum Gasteiger partial charge on any atom is -0.306 e. The second-order valence-electron chi connectivity index (χ2n) is 3.51. The van der Waals surface area contributed by atoms with Crippen LogP contribution in [0.1, 0.15) is 29.6 Å². The Morgan fingerprint density at radius 1 is 1.62 bits per heavy atom. The van der Waals surface area contributed by atoms with Crippen LogP contribution in [0.5, 0.6) is 0 Å². The highest BCUT2D eigenvalue weighted by Crippen LogP contribution is 2.22. The van der Waals surface area contributed by atoms with Gasteiger partial charge in [0.25, 0.3) is 0 Å². The monoisotopic (exact) mass is 195 g/mol. The van der Waals surface area contributed by atoms with Gasteiger partial charge in [0.1, 0.15) is 0 Å². The van der Waals surface area contributed by atoms with Gasteiger partial charge in [0.2, 0.25) is 0 Å². The van der Waals surface area contributed by atoms with Crippen molar-refractivity contribution in [2.45, 2.75) is 26.8 Å². The van der Waals surface area contributed by atoms with Crippen molar-refractivity contribution in [3.05, 3.63) is 34.0 Å². The molecule has 0 radical (unpaired) electrons. The predicted molar refractivity (Wildman–Crippen MR) is 60.3 cm³/mol. The minimum absolute atomic E-state index is 0.440. The summed E-state index contributed by atoms with van der Waals surface area (Å²) in [5, 5.41) is 3.42. The van der Waals surface area contributed by atoms with Crippen LogP contribution in [0, 0.1) is 6.92 Å². The third-order valence-corrected chi connectivity index (χ3v) is 3.08. The van der Waals surface area contributed by atoms with Crippen molar-refractivity contribution in [3.8, 4) is 0 Å². The zero-order chi connectivity index (χ0) is 9.84. The molecule has 0 fully saturated rings. The number of aryl methyl sites for hydroxylation is 1. The zero-order valence-electron chi connectivity index (χ0n) is 8.55. The van der Waals surface area contributed by atoms with Gasteiger partial charge in [-0.25, -0.2) is 0 Å². The molecule has 1 aromatic rings. The molecule has 0 aromatic carbocycles. The van der Waals surface area contributed by atoms with E-state index in [1.165, 1.54) is 15.3 Å². The number of nitrogens with one attached hydrogen (secondary N) is 1. The van der Waals surface area contributed by atoms with Gasteiger partial charge in [-0.1, -0.05) is 12.2 Å². The topological polar surface area (TPSA) is 12.0 Å². The van der Waals surface area contributed by atoms with E-state index >= 15 is 0 Å². The number of hydrogen-bond donors (Lipinski definition) is 1. The lowest BCUT2D eigenvalue weighted by molar-refractivity contribution is 0.617. The molecule has 0 aliphatic carbocycles. The van der Waals surface area contributed by atoms with Gasteiger partial charge in [-0.2, -0.15) is 0 Å². The van der Waals surface area contributed by atoms with Crippen molar-refractivity contribution < 1.29 is 0 Å². The Kier molecular flexibility index (Phi) is 3.70. The van der Waals surface area contributed by atoms with Crippen LogP contribution in [0.25, 0.3) is 0 Å². The van der Waals surface area contributed by atoms with Crippen LogP contribution in [0.15, 0.2) is 24.3 Å². The van der Waals surface area contributed by atoms with E-state index < -0.39 is 0 Å². The third-order valence-electron chi connectivity index (χ3n) is 1.90. The molecule has 0 bridgehead atoms. The average Bonchev–Trinajstić information content (AvgIpc) is 2.47. The van der Waals surface area contributed by atoms with Gasteiger partial charge in [-0.15, -0.1) is 11.3 Å². The largest absolute Gasteiger partial charge is 0.306 e. The fourth-order valence-electron chi connectivity index (χ4n) is 1.11. The zero-order valence-corrected chi connectivity index (χ0v) is 9.37. The Morgan fingerprint density at radius 2 is 2.31 bits per heavy atom. The van der Waals surface area contributed by atoms with Gasteiger partial charge in [-0.3, -0.25) is 0 Å². The van der Waals surface area contributed by atoms with Crippen molar-refractivity contribution in [1.29, 1.82) is 0 Å². The van der Waals surface area contributed by atoms with Gasteiger partial charge in [0.15, 0.2) is 0 Å². The molecule has 1 nitrogen and oxygen atoms in total. The fraction of sp³-hybridized carbons (Fsp3) is 0.455. The first kappa shape index (κ1) is 10.5. The molecule has 2 heteroatoms. The van der Waals surface area contributed by atoms with Crippen molar-refractivity contribution in [3.63, 3.8) is 0 Å². The molecule has 1 heterocycles. The van der Waals surface area contributed by atoms with E-state index in [4.69, 9.17) is 0 Å². The van der Waals surface area contributed by atoms with Gasteiger partial charge >= 0.3 is 0 Å². The van der Waals surface area contributed by atoms with E-state index in [0.29, 0.717) is 6.04 Å². The molecule has 1 rings (SSSR count). The highest BCUT2D eigenvalue weighted by Gasteiger charge is 2.05. The quantitative estimate of drug-likeness (QED) is 0.727. The Labute approximate surface area is 84.5 Å². The van der Waals surface area contributed by atoms with Crippen LogP contribution in [0.2, 0.25) is 0 Å². The highest BCUT2D eigenvalue weighted by molar-refractivity contribution is 7.12. The molecule has 0 aliphatic heterocycles. The lowest BCUT2D eigenvalue weighted by Gasteiger charge is -2.11. The molecule has 0 saturated heterocycles. The Bertz CT molecular complexity index is 288. The van der Waals surface area contributed by atoms with E-state index in [-0.39, 0.29) is 0 Å². The smallest absolute Gasteiger partial charge is 0.0388 e. The normalized spacial score (nSPS) is 12.8. The first-order valence-corrected chi connectivity index (χ1v) is 5.35. The SMILES string of the molecule is C=C(C)CNC(C)c1ccc(C)s1. The van der Waals surface area contributed by atoms with E-state index in [2.05, 4.69) is 37.9 Å². The maximum atomic E-state index is 3.87. The molecule has 13 heavy (non-hydrogen) atoms. The fourth-order valence-corrected chi connectivity index (χ4v) is 2.02. The molecule has 0 amide bonds. The first-order chi connectivity index (χ1) is 6.09. The maximum absolute atomic E-state index is 3.87. The third kappa shape index (κ3) is 3.33. The summed E-state index contributed by atoms with van der Waals surface area (Å²) in [6.45, 7) is 11.1. The minimum atomic E-state index is 0.440. The summed E-state index contributed by atoms with van der Waals surface area (Å²) in [4.78, 5) is 2.78. The van der Waals surface area contributed by atoms with Crippen molar-refractivity contribution in [1.82, 2.24) is 5.32 Å². The van der Waals surface area contributed by atoms with Crippen molar-refractivity contribution in [2.75, 3.05) is 6.54 Å². The van der Waals surface area contributed by atoms with Crippen LogP contribution in [-0.4, -0.2) is 6.54 Å². The molecular formula is C11H17NS. The summed E-state index contributed by atoms with van der Waals surface area (Å²) < 4.78 is 0. The standard InChI is InChI=1S/C11H17NS/c1-8(2)7-12-10(4)11-6-5-9(3)13-11/h5-6,10,12H,1,7H2,2-4H3. The lowest BCUT2D eigenvalue weighted by Crippen LogP contribution is -2.19. The summed E-state index contributed by atoms with van der Waals surface area (Å²) in [6, 6.07) is 4.80. The molecule has 0 saturated carbocycles. The van der Waals surface area contributed by atoms with Crippen LogP contribution in [0.3, 0.4) is 0 Å².